The second kappa shape index (κ2) is 14.2. The van der Waals surface area contributed by atoms with Crippen LogP contribution in [0.25, 0.3) is 21.5 Å². The fourth-order valence-corrected chi connectivity index (χ4v) is 8.93. The molecule has 2 aromatic heterocycles. The highest BCUT2D eigenvalue weighted by Gasteiger charge is 2.38. The number of rotatable bonds is 10. The number of aromatic nitrogens is 2. The smallest absolute Gasteiger partial charge is 0.357 e. The van der Waals surface area contributed by atoms with Crippen LogP contribution in [-0.4, -0.2) is 81.2 Å². The first-order valence-electron chi connectivity index (χ1n) is 16.6. The molecule has 4 aromatic carbocycles. The molecule has 1 aliphatic rings. The molecule has 0 saturated carbocycles. The second-order valence-corrected chi connectivity index (χ2v) is 15.9. The maximum Gasteiger partial charge on any atom is 0.357 e. The maximum absolute atomic E-state index is 14.3. The van der Waals surface area contributed by atoms with Gasteiger partial charge in [-0.15, -0.1) is 0 Å². The van der Waals surface area contributed by atoms with Gasteiger partial charge in [0, 0.05) is 67.8 Å². The fraction of sp³-hybridized carbons (Fsp3) is 0.184. The highest BCUT2D eigenvalue weighted by Crippen LogP contribution is 2.28. The van der Waals surface area contributed by atoms with Gasteiger partial charge in [-0.1, -0.05) is 60.7 Å². The number of benzene rings is 4. The van der Waals surface area contributed by atoms with E-state index in [1.54, 1.807) is 71.6 Å². The zero-order valence-corrected chi connectivity index (χ0v) is 29.9. The molecule has 1 saturated heterocycles. The first kappa shape index (κ1) is 34.9. The van der Waals surface area contributed by atoms with Gasteiger partial charge in [0.1, 0.15) is 11.8 Å². The van der Waals surface area contributed by atoms with Gasteiger partial charge in [0.05, 0.1) is 0 Å². The molecule has 2 N–H and O–H groups in total. The summed E-state index contributed by atoms with van der Waals surface area (Å²) < 4.78 is 61.6. The summed E-state index contributed by atoms with van der Waals surface area (Å²) in [6, 6.07) is 30.1. The molecule has 52 heavy (non-hydrogen) atoms. The number of sulfonamides is 1. The van der Waals surface area contributed by atoms with E-state index in [0.29, 0.717) is 59.0 Å². The summed E-state index contributed by atoms with van der Waals surface area (Å²) in [5, 5.41) is 1.94. The fourth-order valence-electron chi connectivity index (χ4n) is 6.42. The van der Waals surface area contributed by atoms with Crippen molar-refractivity contribution in [2.45, 2.75) is 22.5 Å². The summed E-state index contributed by atoms with van der Waals surface area (Å²) in [4.78, 5) is 26.5. The summed E-state index contributed by atoms with van der Waals surface area (Å²) in [6.07, 6.45) is 2.86. The van der Waals surface area contributed by atoms with E-state index < -0.39 is 26.2 Å². The molecule has 1 atom stereocenters. The Hall–Kier alpha value is -5.57. The minimum absolute atomic E-state index is 0.00934. The van der Waals surface area contributed by atoms with Gasteiger partial charge < -0.3 is 19.7 Å². The molecule has 0 spiro atoms. The predicted octanol–water partition coefficient (Wildman–Crippen LogP) is 4.71. The van der Waals surface area contributed by atoms with E-state index in [-0.39, 0.29) is 28.1 Å². The number of nitrogen functional groups attached to an aromatic ring is 1. The lowest BCUT2D eigenvalue weighted by atomic mass is 10.0. The van der Waals surface area contributed by atoms with E-state index in [0.717, 1.165) is 9.99 Å². The Morgan fingerprint density at radius 2 is 1.31 bits per heavy atom. The van der Waals surface area contributed by atoms with Crippen LogP contribution in [0.15, 0.2) is 132 Å². The molecule has 0 aliphatic carbocycles. The van der Waals surface area contributed by atoms with Gasteiger partial charge in [-0.3, -0.25) is 4.79 Å². The van der Waals surface area contributed by atoms with Crippen LogP contribution in [0.5, 0.6) is 5.75 Å². The number of nitrogens with two attached hydrogens (primary N) is 1. The van der Waals surface area contributed by atoms with E-state index >= 15 is 0 Å². The Balaban J connectivity index is 1.15. The Morgan fingerprint density at radius 1 is 0.750 bits per heavy atom. The lowest BCUT2D eigenvalue weighted by molar-refractivity contribution is -0.135. The average molecular weight is 737 g/mol. The molecular weight excluding hydrogens is 701 g/mol. The Kier molecular flexibility index (Phi) is 9.53. The minimum atomic E-state index is -4.29. The minimum Gasteiger partial charge on any atom is -0.399 e. The standard InChI is InChI=1S/C38H36N6O6S2/c1-42(51(46,47)36-33-8-4-2-6-28(33)18-20-40-36)35(38(45)44-24-22-43(23-25-44)31-14-12-30(39)13-15-31)26-27-10-16-32(17-11-27)50-52(48,49)37-34-9-5-3-7-29(34)19-21-41-37/h2-21,35H,22-26,39H2,1H3. The summed E-state index contributed by atoms with van der Waals surface area (Å²) in [5.74, 6) is -0.311. The topological polar surface area (TPSA) is 156 Å². The van der Waals surface area contributed by atoms with Crippen molar-refractivity contribution in [3.05, 3.63) is 127 Å². The SMILES string of the molecule is CN(C(Cc1ccc(OS(=O)(=O)c2nccc3ccccc23)cc1)C(=O)N1CCN(c2ccc(N)cc2)CC1)S(=O)(=O)c1nccc2ccccc12. The summed E-state index contributed by atoms with van der Waals surface area (Å²) in [5.41, 5.74) is 8.11. The van der Waals surface area contributed by atoms with Gasteiger partial charge in [-0.05, 0) is 71.3 Å². The highest BCUT2D eigenvalue weighted by molar-refractivity contribution is 7.89. The van der Waals surface area contributed by atoms with Crippen molar-refractivity contribution in [1.82, 2.24) is 19.2 Å². The largest absolute Gasteiger partial charge is 0.399 e. The molecule has 7 rings (SSSR count). The van der Waals surface area contributed by atoms with E-state index in [1.165, 1.54) is 31.6 Å². The first-order valence-corrected chi connectivity index (χ1v) is 19.4. The molecule has 1 aliphatic heterocycles. The first-order chi connectivity index (χ1) is 25.0. The summed E-state index contributed by atoms with van der Waals surface area (Å²) in [6.45, 7) is 1.87. The molecular formula is C38H36N6O6S2. The molecule has 0 radical (unpaired) electrons. The van der Waals surface area contributed by atoms with Crippen LogP contribution in [0.4, 0.5) is 11.4 Å². The van der Waals surface area contributed by atoms with Crippen molar-refractivity contribution in [1.29, 1.82) is 0 Å². The van der Waals surface area contributed by atoms with Crippen LogP contribution in [-0.2, 0) is 31.4 Å². The maximum atomic E-state index is 14.3. The van der Waals surface area contributed by atoms with E-state index in [9.17, 15) is 21.6 Å². The number of amides is 1. The lowest BCUT2D eigenvalue weighted by Crippen LogP contribution is -2.56. The number of carbonyl (C=O) groups excluding carboxylic acids is 1. The number of fused-ring (bicyclic) bond motifs is 2. The third-order valence-electron chi connectivity index (χ3n) is 9.27. The second-order valence-electron chi connectivity index (χ2n) is 12.5. The quantitative estimate of drug-likeness (QED) is 0.154. The Morgan fingerprint density at radius 3 is 1.92 bits per heavy atom. The molecule has 6 aromatic rings. The van der Waals surface area contributed by atoms with E-state index in [1.807, 2.05) is 30.3 Å². The average Bonchev–Trinajstić information content (AvgIpc) is 3.17. The van der Waals surface area contributed by atoms with Crippen LogP contribution in [0.1, 0.15) is 5.56 Å². The van der Waals surface area contributed by atoms with Gasteiger partial charge >= 0.3 is 10.1 Å². The number of anilines is 2. The summed E-state index contributed by atoms with van der Waals surface area (Å²) in [7, 11) is -7.16. The number of hydrogen-bond donors (Lipinski definition) is 1. The van der Waals surface area contributed by atoms with Gasteiger partial charge in [-0.25, -0.2) is 18.4 Å². The third kappa shape index (κ3) is 7.00. The number of hydrogen-bond acceptors (Lipinski definition) is 10. The number of likely N-dealkylation sites (N-methyl/N-ethyl adjacent to an activating group) is 1. The number of nitrogens with zero attached hydrogens (tertiary/aromatic N) is 5. The molecule has 3 heterocycles. The number of piperazine rings is 1. The van der Waals surface area contributed by atoms with Gasteiger partial charge in [0.25, 0.3) is 10.0 Å². The van der Waals surface area contributed by atoms with Crippen LogP contribution in [0, 0.1) is 0 Å². The lowest BCUT2D eigenvalue weighted by Gasteiger charge is -2.39. The van der Waals surface area contributed by atoms with Gasteiger partial charge in [0.2, 0.25) is 10.9 Å². The molecule has 1 unspecified atom stereocenters. The molecule has 14 heteroatoms. The number of carbonyl (C=O) groups is 1. The zero-order chi connectivity index (χ0) is 36.5. The Bertz CT molecular complexity index is 2460. The van der Waals surface area contributed by atoms with Crippen molar-refractivity contribution in [3.8, 4) is 5.75 Å². The van der Waals surface area contributed by atoms with Crippen molar-refractivity contribution >= 4 is 59.0 Å². The van der Waals surface area contributed by atoms with Crippen LogP contribution < -0.4 is 14.8 Å². The van der Waals surface area contributed by atoms with Crippen LogP contribution >= 0.6 is 0 Å². The molecule has 1 fully saturated rings. The normalized spacial score (nSPS) is 14.5. The molecule has 1 amide bonds. The van der Waals surface area contributed by atoms with Crippen molar-refractivity contribution in [3.63, 3.8) is 0 Å². The monoisotopic (exact) mass is 736 g/mol. The van der Waals surface area contributed by atoms with Crippen molar-refractivity contribution in [2.24, 2.45) is 0 Å². The van der Waals surface area contributed by atoms with Gasteiger partial charge in [0.15, 0.2) is 5.03 Å². The van der Waals surface area contributed by atoms with E-state index in [2.05, 4.69) is 14.9 Å². The highest BCUT2D eigenvalue weighted by atomic mass is 32.2. The van der Waals surface area contributed by atoms with E-state index in [4.69, 9.17) is 9.92 Å². The van der Waals surface area contributed by atoms with Crippen molar-refractivity contribution < 1.29 is 25.8 Å². The molecule has 0 bridgehead atoms. The van der Waals surface area contributed by atoms with Crippen molar-refractivity contribution in [2.75, 3.05) is 43.9 Å². The predicted molar refractivity (Wildman–Crippen MR) is 200 cm³/mol. The third-order valence-corrected chi connectivity index (χ3v) is 12.3. The Labute approximate surface area is 302 Å². The van der Waals surface area contributed by atoms with Gasteiger partial charge in [-0.2, -0.15) is 12.7 Å². The number of pyridine rings is 2. The molecule has 266 valence electrons. The summed E-state index contributed by atoms with van der Waals surface area (Å²) >= 11 is 0. The zero-order valence-electron chi connectivity index (χ0n) is 28.2. The van der Waals surface area contributed by atoms with Crippen LogP contribution in [0.3, 0.4) is 0 Å². The molecule has 12 nitrogen and oxygen atoms in total. The van der Waals surface area contributed by atoms with Crippen LogP contribution in [0.2, 0.25) is 0 Å².